The van der Waals surface area contributed by atoms with Crippen LogP contribution < -0.4 is 11.1 Å². The van der Waals surface area contributed by atoms with Gasteiger partial charge < -0.3 is 0 Å². The molecule has 0 aliphatic rings. The number of halogens is 1. The molecule has 0 radical (unpaired) electrons. The zero-order valence-electron chi connectivity index (χ0n) is 12.6. The number of nitrogens with zero attached hydrogens (tertiary/aromatic N) is 1. The van der Waals surface area contributed by atoms with Crippen LogP contribution in [0.2, 0.25) is 0 Å². The summed E-state index contributed by atoms with van der Waals surface area (Å²) in [6.45, 7) is 0. The fourth-order valence-corrected chi connectivity index (χ4v) is 2.97. The van der Waals surface area contributed by atoms with Crippen LogP contribution in [0, 0.1) is 5.82 Å². The predicted octanol–water partition coefficient (Wildman–Crippen LogP) is 3.64. The molecule has 0 aliphatic carbocycles. The molecule has 116 valence electrons. The molecule has 1 heterocycles. The van der Waals surface area contributed by atoms with Gasteiger partial charge in [0.05, 0.1) is 5.69 Å². The molecule has 0 aliphatic heterocycles. The summed E-state index contributed by atoms with van der Waals surface area (Å²) in [5, 5.41) is 2.33. The molecule has 0 unspecified atom stereocenters. The van der Waals surface area contributed by atoms with Gasteiger partial charge in [-0.2, -0.15) is 0 Å². The average molecular weight is 317 g/mol. The van der Waals surface area contributed by atoms with Crippen molar-refractivity contribution in [1.82, 2.24) is 4.57 Å². The summed E-state index contributed by atoms with van der Waals surface area (Å²) in [5.74, 6) is -0.422. The Hall–Kier alpha value is -3.27. The van der Waals surface area contributed by atoms with E-state index in [1.165, 1.54) is 24.3 Å². The zero-order valence-corrected chi connectivity index (χ0v) is 12.6. The Kier molecular flexibility index (Phi) is 3.24. The first-order valence-corrected chi connectivity index (χ1v) is 7.49. The van der Waals surface area contributed by atoms with E-state index in [1.54, 1.807) is 24.3 Å². The SMILES string of the molecule is O=c1c2ccccc2c2ccccc2c(=O)n1-c1ccc(F)cc1. The molecule has 0 fully saturated rings. The molecule has 0 N–H and O–H groups in total. The summed E-state index contributed by atoms with van der Waals surface area (Å²) in [5.41, 5.74) is -0.491. The van der Waals surface area contributed by atoms with Crippen molar-refractivity contribution in [3.05, 3.63) is 99.3 Å². The van der Waals surface area contributed by atoms with Gasteiger partial charge in [0.15, 0.2) is 0 Å². The molecule has 4 heteroatoms. The summed E-state index contributed by atoms with van der Waals surface area (Å²) >= 11 is 0. The minimum atomic E-state index is -0.422. The van der Waals surface area contributed by atoms with Gasteiger partial charge in [-0.3, -0.25) is 9.59 Å². The maximum absolute atomic E-state index is 13.2. The lowest BCUT2D eigenvalue weighted by Gasteiger charge is -2.02. The molecule has 0 atom stereocenters. The molecule has 3 aromatic carbocycles. The minimum Gasteiger partial charge on any atom is -0.268 e. The van der Waals surface area contributed by atoms with Crippen LogP contribution in [0.4, 0.5) is 4.39 Å². The molecular weight excluding hydrogens is 305 g/mol. The molecular formula is C20H12FNO2. The lowest BCUT2D eigenvalue weighted by atomic mass is 10.1. The summed E-state index contributed by atoms with van der Waals surface area (Å²) in [4.78, 5) is 26.0. The van der Waals surface area contributed by atoms with Gasteiger partial charge in [-0.05, 0) is 47.2 Å². The van der Waals surface area contributed by atoms with Crippen molar-refractivity contribution in [1.29, 1.82) is 0 Å². The Bertz CT molecular complexity index is 1120. The summed E-state index contributed by atoms with van der Waals surface area (Å²) in [6, 6.07) is 19.6. The van der Waals surface area contributed by atoms with Gasteiger partial charge in [0, 0.05) is 10.8 Å². The number of hydrogen-bond acceptors (Lipinski definition) is 2. The van der Waals surface area contributed by atoms with Gasteiger partial charge in [-0.1, -0.05) is 36.4 Å². The zero-order chi connectivity index (χ0) is 16.7. The third-order valence-corrected chi connectivity index (χ3v) is 4.10. The second-order valence-corrected chi connectivity index (χ2v) is 5.51. The molecule has 0 saturated heterocycles. The van der Waals surface area contributed by atoms with E-state index in [1.807, 2.05) is 24.3 Å². The largest absolute Gasteiger partial charge is 0.268 e. The lowest BCUT2D eigenvalue weighted by molar-refractivity contribution is 0.627. The first kappa shape index (κ1) is 14.3. The molecule has 4 rings (SSSR count). The van der Waals surface area contributed by atoms with Crippen molar-refractivity contribution in [3.8, 4) is 5.69 Å². The van der Waals surface area contributed by atoms with Gasteiger partial charge in [0.1, 0.15) is 5.82 Å². The monoisotopic (exact) mass is 317 g/mol. The molecule has 1 aromatic heterocycles. The number of benzene rings is 3. The second-order valence-electron chi connectivity index (χ2n) is 5.51. The third-order valence-electron chi connectivity index (χ3n) is 4.10. The van der Waals surface area contributed by atoms with Crippen molar-refractivity contribution >= 4 is 21.5 Å². The highest BCUT2D eigenvalue weighted by Crippen LogP contribution is 2.20. The van der Waals surface area contributed by atoms with Crippen LogP contribution in [0.1, 0.15) is 0 Å². The molecule has 4 aromatic rings. The molecule has 0 bridgehead atoms. The van der Waals surface area contributed by atoms with E-state index in [4.69, 9.17) is 0 Å². The molecule has 0 amide bonds. The van der Waals surface area contributed by atoms with Gasteiger partial charge in [0.25, 0.3) is 11.1 Å². The Balaban J connectivity index is 2.32. The maximum atomic E-state index is 13.2. The highest BCUT2D eigenvalue weighted by molar-refractivity contribution is 6.05. The van der Waals surface area contributed by atoms with Crippen LogP contribution in [0.25, 0.3) is 27.2 Å². The molecule has 3 nitrogen and oxygen atoms in total. The number of aromatic nitrogens is 1. The third kappa shape index (κ3) is 2.12. The van der Waals surface area contributed by atoms with Crippen LogP contribution in [-0.2, 0) is 0 Å². The Morgan fingerprint density at radius 3 is 1.46 bits per heavy atom. The highest BCUT2D eigenvalue weighted by Gasteiger charge is 2.11. The molecule has 24 heavy (non-hydrogen) atoms. The van der Waals surface area contributed by atoms with E-state index < -0.39 is 16.9 Å². The van der Waals surface area contributed by atoms with E-state index in [0.717, 1.165) is 15.3 Å². The van der Waals surface area contributed by atoms with Gasteiger partial charge in [0.2, 0.25) is 0 Å². The standard InChI is InChI=1S/C20H12FNO2/c21-13-9-11-14(12-10-13)22-19(23)17-7-3-1-5-15(17)16-6-2-4-8-18(16)20(22)24/h1-12H. The van der Waals surface area contributed by atoms with E-state index in [9.17, 15) is 14.0 Å². The van der Waals surface area contributed by atoms with Crippen molar-refractivity contribution in [2.24, 2.45) is 0 Å². The smallest absolute Gasteiger partial charge is 0.265 e. The summed E-state index contributed by atoms with van der Waals surface area (Å²) < 4.78 is 14.3. The van der Waals surface area contributed by atoms with Crippen molar-refractivity contribution in [2.45, 2.75) is 0 Å². The normalized spacial score (nSPS) is 11.0. The quantitative estimate of drug-likeness (QED) is 0.537. The van der Waals surface area contributed by atoms with Crippen LogP contribution in [0.5, 0.6) is 0 Å². The van der Waals surface area contributed by atoms with Crippen LogP contribution >= 0.6 is 0 Å². The van der Waals surface area contributed by atoms with Crippen molar-refractivity contribution in [2.75, 3.05) is 0 Å². The van der Waals surface area contributed by atoms with E-state index >= 15 is 0 Å². The average Bonchev–Trinajstić information content (AvgIpc) is 2.71. The first-order valence-electron chi connectivity index (χ1n) is 7.49. The Labute approximate surface area is 136 Å². The fourth-order valence-electron chi connectivity index (χ4n) is 2.97. The van der Waals surface area contributed by atoms with Crippen LogP contribution in [0.3, 0.4) is 0 Å². The van der Waals surface area contributed by atoms with Gasteiger partial charge in [-0.15, -0.1) is 0 Å². The van der Waals surface area contributed by atoms with Gasteiger partial charge in [-0.25, -0.2) is 8.96 Å². The number of fused-ring (bicyclic) bond motifs is 3. The highest BCUT2D eigenvalue weighted by atomic mass is 19.1. The Morgan fingerprint density at radius 1 is 0.583 bits per heavy atom. The first-order chi connectivity index (χ1) is 11.7. The number of rotatable bonds is 1. The molecule has 0 saturated carbocycles. The summed E-state index contributed by atoms with van der Waals surface area (Å²) in [6.07, 6.45) is 0. The second kappa shape index (κ2) is 5.42. The fraction of sp³-hybridized carbons (Fsp3) is 0. The Morgan fingerprint density at radius 2 is 1.00 bits per heavy atom. The van der Waals surface area contributed by atoms with Crippen LogP contribution in [-0.4, -0.2) is 4.57 Å². The topological polar surface area (TPSA) is 39.1 Å². The predicted molar refractivity (Wildman–Crippen MR) is 93.3 cm³/mol. The van der Waals surface area contributed by atoms with E-state index in [-0.39, 0.29) is 0 Å². The van der Waals surface area contributed by atoms with Crippen LogP contribution in [0.15, 0.2) is 82.4 Å². The van der Waals surface area contributed by atoms with Crippen molar-refractivity contribution in [3.63, 3.8) is 0 Å². The van der Waals surface area contributed by atoms with E-state index in [0.29, 0.717) is 16.5 Å². The van der Waals surface area contributed by atoms with Gasteiger partial charge >= 0.3 is 0 Å². The summed E-state index contributed by atoms with van der Waals surface area (Å²) in [7, 11) is 0. The minimum absolute atomic E-state index is 0.345. The van der Waals surface area contributed by atoms with Crippen molar-refractivity contribution < 1.29 is 4.39 Å². The molecule has 0 spiro atoms. The lowest BCUT2D eigenvalue weighted by Crippen LogP contribution is -2.28. The number of hydrogen-bond donors (Lipinski definition) is 0. The maximum Gasteiger partial charge on any atom is 0.265 e. The van der Waals surface area contributed by atoms with E-state index in [2.05, 4.69) is 0 Å².